The van der Waals surface area contributed by atoms with Crippen LogP contribution in [0.1, 0.15) is 10.4 Å². The minimum Gasteiger partial charge on any atom is -0.338 e. The maximum absolute atomic E-state index is 11.5. The van der Waals surface area contributed by atoms with E-state index in [-0.39, 0.29) is 27.7 Å². The van der Waals surface area contributed by atoms with E-state index >= 15 is 0 Å². The van der Waals surface area contributed by atoms with Crippen LogP contribution in [0.4, 0.5) is 5.69 Å². The summed E-state index contributed by atoms with van der Waals surface area (Å²) < 4.78 is 0. The molecule has 1 N–H and O–H groups in total. The first kappa shape index (κ1) is 13.7. The van der Waals surface area contributed by atoms with Crippen LogP contribution in [-0.2, 0) is 32.5 Å². The molecule has 2 aromatic rings. The Labute approximate surface area is 120 Å². The Morgan fingerprint density at radius 2 is 1.41 bits per heavy atom. The van der Waals surface area contributed by atoms with E-state index in [1.165, 1.54) is 0 Å². The summed E-state index contributed by atoms with van der Waals surface area (Å²) in [5.41, 5.74) is 3.86. The van der Waals surface area contributed by atoms with Crippen LogP contribution in [-0.4, -0.2) is 5.97 Å². The van der Waals surface area contributed by atoms with Gasteiger partial charge < -0.3 is 4.84 Å². The molecule has 0 aliphatic heterocycles. The van der Waals surface area contributed by atoms with Crippen molar-refractivity contribution >= 4 is 11.7 Å². The minimum atomic E-state index is -0.399. The molecule has 0 unspecified atom stereocenters. The van der Waals surface area contributed by atoms with E-state index < -0.39 is 5.97 Å². The molecular weight excluding hydrogens is 403 g/mol. The molecule has 2 aromatic carbocycles. The van der Waals surface area contributed by atoms with Gasteiger partial charge in [-0.3, -0.25) is 0 Å². The second-order valence-electron chi connectivity index (χ2n) is 3.22. The predicted molar refractivity (Wildman–Crippen MR) is 61.9 cm³/mol. The molecule has 0 aliphatic rings. The van der Waals surface area contributed by atoms with Gasteiger partial charge in [-0.05, 0) is 24.3 Å². The van der Waals surface area contributed by atoms with Gasteiger partial charge in [-0.25, -0.2) is 10.3 Å². The van der Waals surface area contributed by atoms with Crippen molar-refractivity contribution in [2.24, 2.45) is 0 Å². The van der Waals surface area contributed by atoms with Gasteiger partial charge in [0.1, 0.15) is 0 Å². The number of hydrogen-bond acceptors (Lipinski definition) is 3. The largest absolute Gasteiger partial charge is 0.362 e. The summed E-state index contributed by atoms with van der Waals surface area (Å²) in [6.45, 7) is 0. The molecule has 0 bridgehead atoms. The Balaban J connectivity index is 0.00000144. The average Bonchev–Trinajstić information content (AvgIpc) is 2.38. The molecule has 0 heterocycles. The molecule has 3 nitrogen and oxygen atoms in total. The maximum atomic E-state index is 11.5. The van der Waals surface area contributed by atoms with Crippen molar-refractivity contribution in [2.75, 3.05) is 5.48 Å². The molecule has 0 saturated heterocycles. The molecule has 0 aromatic heterocycles. The number of carbonyl (C=O) groups is 1. The van der Waals surface area contributed by atoms with Crippen LogP contribution < -0.4 is 5.48 Å². The van der Waals surface area contributed by atoms with E-state index in [0.29, 0.717) is 5.56 Å². The van der Waals surface area contributed by atoms with Crippen LogP contribution in [0.25, 0.3) is 0 Å². The number of para-hydroxylation sites is 1. The van der Waals surface area contributed by atoms with Crippen molar-refractivity contribution in [3.8, 4) is 0 Å². The summed E-state index contributed by atoms with van der Waals surface area (Å²) in [7, 11) is 0. The Kier molecular flexibility index (Phi) is 5.70. The van der Waals surface area contributed by atoms with E-state index in [2.05, 4.69) is 5.48 Å². The second-order valence-corrected chi connectivity index (χ2v) is 3.22. The molecule has 0 radical (unpaired) electrons. The van der Waals surface area contributed by atoms with Gasteiger partial charge in [0.05, 0.1) is 11.3 Å². The molecule has 0 amide bonds. The molecule has 17 heavy (non-hydrogen) atoms. The number of anilines is 1. The molecule has 4 heteroatoms. The van der Waals surface area contributed by atoms with Gasteiger partial charge in [-0.15, -0.1) is 0 Å². The number of hydrogen-bond donors (Lipinski definition) is 1. The third-order valence-corrected chi connectivity index (χ3v) is 2.04. The normalized spacial score (nSPS) is 8.94. The van der Waals surface area contributed by atoms with Crippen molar-refractivity contribution in [1.82, 2.24) is 0 Å². The monoisotopic (exact) mass is 415 g/mol. The van der Waals surface area contributed by atoms with Crippen molar-refractivity contribution in [3.63, 3.8) is 0 Å². The van der Waals surface area contributed by atoms with Crippen LogP contribution in [0, 0.1) is 0 Å². The van der Waals surface area contributed by atoms with Crippen LogP contribution in [0.3, 0.4) is 0 Å². The quantitative estimate of drug-likeness (QED) is 0.621. The molecule has 82 valence electrons. The Bertz CT molecular complexity index is 459. The number of benzene rings is 2. The van der Waals surface area contributed by atoms with Gasteiger partial charge >= 0.3 is 5.97 Å². The summed E-state index contributed by atoms with van der Waals surface area (Å²) in [6, 6.07) is 18.1. The van der Waals surface area contributed by atoms with E-state index in [0.717, 1.165) is 5.69 Å². The maximum Gasteiger partial charge on any atom is 0.362 e. The Morgan fingerprint density at radius 1 is 0.882 bits per heavy atom. The van der Waals surface area contributed by atoms with Gasteiger partial charge in [-0.2, -0.15) is 0 Å². The van der Waals surface area contributed by atoms with Crippen molar-refractivity contribution in [1.29, 1.82) is 0 Å². The van der Waals surface area contributed by atoms with E-state index in [4.69, 9.17) is 4.84 Å². The molecule has 0 spiro atoms. The minimum absolute atomic E-state index is 0. The second kappa shape index (κ2) is 7.07. The zero-order chi connectivity index (χ0) is 11.2. The van der Waals surface area contributed by atoms with Crippen LogP contribution in [0.15, 0.2) is 60.7 Å². The molecule has 0 atom stereocenters. The molecule has 0 aliphatic carbocycles. The summed E-state index contributed by atoms with van der Waals surface area (Å²) in [5.74, 6) is -0.399. The number of nitrogens with one attached hydrogen (secondary N) is 1. The summed E-state index contributed by atoms with van der Waals surface area (Å²) in [5, 5.41) is 0. The smallest absolute Gasteiger partial charge is 0.338 e. The average molecular weight is 414 g/mol. The van der Waals surface area contributed by atoms with Crippen LogP contribution in [0.5, 0.6) is 0 Å². The number of carbonyl (C=O) groups excluding carboxylic acids is 1. The zero-order valence-electron chi connectivity index (χ0n) is 9.30. The molecule has 0 fully saturated rings. The SMILES string of the molecule is O=C(ONc1ccccc1)c1ccccc1.[Hg]. The topological polar surface area (TPSA) is 38.3 Å². The van der Waals surface area contributed by atoms with Gasteiger partial charge in [0.15, 0.2) is 0 Å². The summed E-state index contributed by atoms with van der Waals surface area (Å²) in [4.78, 5) is 16.5. The summed E-state index contributed by atoms with van der Waals surface area (Å²) >= 11 is 0. The molecular formula is C13H11HgNO2. The van der Waals surface area contributed by atoms with Gasteiger partial charge in [0.2, 0.25) is 0 Å². The fourth-order valence-electron chi connectivity index (χ4n) is 1.24. The first-order chi connectivity index (χ1) is 7.86. The third-order valence-electron chi connectivity index (χ3n) is 2.04. The molecule has 0 saturated carbocycles. The fraction of sp³-hybridized carbons (Fsp3) is 0. The predicted octanol–water partition coefficient (Wildman–Crippen LogP) is 2.87. The van der Waals surface area contributed by atoms with Crippen molar-refractivity contribution in [2.45, 2.75) is 0 Å². The van der Waals surface area contributed by atoms with Crippen molar-refractivity contribution < 1.29 is 37.3 Å². The van der Waals surface area contributed by atoms with E-state index in [9.17, 15) is 4.79 Å². The van der Waals surface area contributed by atoms with Crippen LogP contribution >= 0.6 is 0 Å². The first-order valence-electron chi connectivity index (χ1n) is 4.93. The van der Waals surface area contributed by atoms with Gasteiger partial charge in [0.25, 0.3) is 0 Å². The Hall–Kier alpha value is -1.35. The first-order valence-corrected chi connectivity index (χ1v) is 4.93. The zero-order valence-corrected chi connectivity index (χ0v) is 14.8. The Morgan fingerprint density at radius 3 is 2.00 bits per heavy atom. The van der Waals surface area contributed by atoms with Crippen molar-refractivity contribution in [3.05, 3.63) is 66.2 Å². The van der Waals surface area contributed by atoms with E-state index in [1.807, 2.05) is 36.4 Å². The third kappa shape index (κ3) is 4.19. The number of rotatable bonds is 3. The van der Waals surface area contributed by atoms with Gasteiger partial charge in [0, 0.05) is 27.7 Å². The summed E-state index contributed by atoms with van der Waals surface area (Å²) in [6.07, 6.45) is 0. The standard InChI is InChI=1S/C13H11NO2.Hg/c15-13(11-7-3-1-4-8-11)16-14-12-9-5-2-6-10-12;/h1-10,14H;. The van der Waals surface area contributed by atoms with Crippen LogP contribution in [0.2, 0.25) is 0 Å². The van der Waals surface area contributed by atoms with E-state index in [1.54, 1.807) is 24.3 Å². The van der Waals surface area contributed by atoms with Gasteiger partial charge in [-0.1, -0.05) is 36.4 Å². The fourth-order valence-corrected chi connectivity index (χ4v) is 1.24. The molecule has 2 rings (SSSR count).